The minimum absolute atomic E-state index is 0.0533. The predicted octanol–water partition coefficient (Wildman–Crippen LogP) is 4.09. The van der Waals surface area contributed by atoms with E-state index in [9.17, 15) is 4.79 Å². The fourth-order valence-corrected chi connectivity index (χ4v) is 3.19. The van der Waals surface area contributed by atoms with Crippen molar-refractivity contribution >= 4 is 16.8 Å². The minimum atomic E-state index is 0.0533. The summed E-state index contributed by atoms with van der Waals surface area (Å²) in [4.78, 5) is 15.7. The van der Waals surface area contributed by atoms with Crippen LogP contribution in [0.2, 0.25) is 0 Å². The molecule has 0 unspecified atom stereocenters. The monoisotopic (exact) mass is 284 g/mol. The Labute approximate surface area is 126 Å². The van der Waals surface area contributed by atoms with E-state index in [-0.39, 0.29) is 5.91 Å². The van der Waals surface area contributed by atoms with Crippen LogP contribution in [0.25, 0.3) is 10.9 Å². The molecule has 0 bridgehead atoms. The third kappa shape index (κ3) is 2.69. The number of fused-ring (bicyclic) bond motifs is 1. The molecule has 0 saturated heterocycles. The molecule has 1 heterocycles. The van der Waals surface area contributed by atoms with E-state index in [1.54, 1.807) is 0 Å². The highest BCUT2D eigenvalue weighted by molar-refractivity contribution is 5.99. The molecule has 0 radical (unpaired) electrons. The zero-order valence-electron chi connectivity index (χ0n) is 13.2. The fourth-order valence-electron chi connectivity index (χ4n) is 3.19. The lowest BCUT2D eigenvalue weighted by Gasteiger charge is -2.14. The van der Waals surface area contributed by atoms with Gasteiger partial charge >= 0.3 is 0 Å². The molecule has 0 aliphatic heterocycles. The van der Waals surface area contributed by atoms with Crippen LogP contribution in [0.4, 0.5) is 0 Å². The van der Waals surface area contributed by atoms with Gasteiger partial charge in [-0.3, -0.25) is 4.79 Å². The van der Waals surface area contributed by atoms with Gasteiger partial charge in [-0.25, -0.2) is 0 Å². The molecular weight excluding hydrogens is 260 g/mol. The second-order valence-corrected chi connectivity index (χ2v) is 6.57. The first kappa shape index (κ1) is 14.2. The molecule has 1 aliphatic rings. The molecule has 1 aromatic carbocycles. The molecule has 1 aromatic heterocycles. The van der Waals surface area contributed by atoms with Crippen LogP contribution < -0.4 is 5.32 Å². The zero-order chi connectivity index (χ0) is 15.0. The van der Waals surface area contributed by atoms with E-state index in [0.717, 1.165) is 23.0 Å². The SMILES string of the molecule is CCCC1(CNC(=O)c2ccc3[nH]c(C)c(C)c3c2)CC1. The molecule has 21 heavy (non-hydrogen) atoms. The number of carbonyl (C=O) groups excluding carboxylic acids is 1. The van der Waals surface area contributed by atoms with Crippen molar-refractivity contribution in [1.82, 2.24) is 10.3 Å². The second kappa shape index (κ2) is 5.21. The Kier molecular flexibility index (Phi) is 3.52. The van der Waals surface area contributed by atoms with E-state index in [4.69, 9.17) is 0 Å². The van der Waals surface area contributed by atoms with E-state index in [1.807, 2.05) is 18.2 Å². The summed E-state index contributed by atoms with van der Waals surface area (Å²) < 4.78 is 0. The van der Waals surface area contributed by atoms with Crippen molar-refractivity contribution in [2.75, 3.05) is 6.54 Å². The number of hydrogen-bond donors (Lipinski definition) is 2. The summed E-state index contributed by atoms with van der Waals surface area (Å²) >= 11 is 0. The first-order valence-corrected chi connectivity index (χ1v) is 7.92. The van der Waals surface area contributed by atoms with Crippen LogP contribution in [0.1, 0.15) is 54.2 Å². The van der Waals surface area contributed by atoms with Crippen molar-refractivity contribution in [1.29, 1.82) is 0 Å². The number of carbonyl (C=O) groups is 1. The summed E-state index contributed by atoms with van der Waals surface area (Å²) in [5.74, 6) is 0.0533. The number of H-pyrrole nitrogens is 1. The molecule has 3 rings (SSSR count). The van der Waals surface area contributed by atoms with E-state index >= 15 is 0 Å². The number of aromatic amines is 1. The van der Waals surface area contributed by atoms with Crippen molar-refractivity contribution in [2.24, 2.45) is 5.41 Å². The molecule has 1 aliphatic carbocycles. The van der Waals surface area contributed by atoms with Crippen molar-refractivity contribution in [3.8, 4) is 0 Å². The summed E-state index contributed by atoms with van der Waals surface area (Å²) in [6.07, 6.45) is 4.94. The van der Waals surface area contributed by atoms with Gasteiger partial charge in [-0.1, -0.05) is 13.3 Å². The quantitative estimate of drug-likeness (QED) is 0.853. The van der Waals surface area contributed by atoms with Crippen molar-refractivity contribution in [3.63, 3.8) is 0 Å². The Morgan fingerprint density at radius 2 is 2.10 bits per heavy atom. The van der Waals surface area contributed by atoms with Crippen LogP contribution in [0, 0.1) is 19.3 Å². The Hall–Kier alpha value is -1.77. The first-order chi connectivity index (χ1) is 10.0. The summed E-state index contributed by atoms with van der Waals surface area (Å²) in [6, 6.07) is 5.92. The Morgan fingerprint density at radius 3 is 2.76 bits per heavy atom. The van der Waals surface area contributed by atoms with Gasteiger partial charge in [0.2, 0.25) is 0 Å². The molecule has 0 spiro atoms. The van der Waals surface area contributed by atoms with Crippen LogP contribution >= 0.6 is 0 Å². The average molecular weight is 284 g/mol. The number of amides is 1. The lowest BCUT2D eigenvalue weighted by molar-refractivity contribution is 0.0944. The number of nitrogens with one attached hydrogen (secondary N) is 2. The van der Waals surface area contributed by atoms with Gasteiger partial charge in [-0.2, -0.15) is 0 Å². The molecule has 1 fully saturated rings. The maximum Gasteiger partial charge on any atom is 0.251 e. The Balaban J connectivity index is 1.74. The minimum Gasteiger partial charge on any atom is -0.358 e. The first-order valence-electron chi connectivity index (χ1n) is 7.92. The van der Waals surface area contributed by atoms with Gasteiger partial charge in [0.1, 0.15) is 0 Å². The van der Waals surface area contributed by atoms with Gasteiger partial charge in [0.05, 0.1) is 0 Å². The maximum atomic E-state index is 12.4. The van der Waals surface area contributed by atoms with Crippen LogP contribution in [-0.2, 0) is 0 Å². The van der Waals surface area contributed by atoms with Crippen molar-refractivity contribution in [3.05, 3.63) is 35.0 Å². The lowest BCUT2D eigenvalue weighted by atomic mass is 10.0. The Bertz CT molecular complexity index is 680. The second-order valence-electron chi connectivity index (χ2n) is 6.57. The lowest BCUT2D eigenvalue weighted by Crippen LogP contribution is -2.30. The van der Waals surface area contributed by atoms with Gasteiger partial charge in [-0.05, 0) is 62.3 Å². The highest BCUT2D eigenvalue weighted by Crippen LogP contribution is 2.48. The molecule has 3 heteroatoms. The van der Waals surface area contributed by atoms with Crippen LogP contribution in [0.5, 0.6) is 0 Å². The van der Waals surface area contributed by atoms with Gasteiger partial charge in [0.25, 0.3) is 5.91 Å². The van der Waals surface area contributed by atoms with Crippen molar-refractivity contribution in [2.45, 2.75) is 46.5 Å². The van der Waals surface area contributed by atoms with Crippen LogP contribution in [0.3, 0.4) is 0 Å². The van der Waals surface area contributed by atoms with E-state index in [1.165, 1.54) is 36.9 Å². The molecule has 112 valence electrons. The summed E-state index contributed by atoms with van der Waals surface area (Å²) in [5.41, 5.74) is 4.66. The summed E-state index contributed by atoms with van der Waals surface area (Å²) in [6.45, 7) is 7.20. The largest absolute Gasteiger partial charge is 0.358 e. The topological polar surface area (TPSA) is 44.9 Å². The fraction of sp³-hybridized carbons (Fsp3) is 0.500. The molecule has 1 amide bonds. The molecule has 2 aromatic rings. The van der Waals surface area contributed by atoms with Crippen LogP contribution in [-0.4, -0.2) is 17.4 Å². The summed E-state index contributed by atoms with van der Waals surface area (Å²) in [7, 11) is 0. The smallest absolute Gasteiger partial charge is 0.251 e. The molecule has 3 nitrogen and oxygen atoms in total. The normalized spacial score (nSPS) is 16.1. The number of benzene rings is 1. The zero-order valence-corrected chi connectivity index (χ0v) is 13.2. The van der Waals surface area contributed by atoms with E-state index in [2.05, 4.69) is 31.1 Å². The van der Waals surface area contributed by atoms with Crippen molar-refractivity contribution < 1.29 is 4.79 Å². The number of aryl methyl sites for hydroxylation is 2. The standard InChI is InChI=1S/C18H24N2O/c1-4-7-18(8-9-18)11-19-17(21)14-5-6-16-15(10-14)12(2)13(3)20-16/h5-6,10,20H,4,7-9,11H2,1-3H3,(H,19,21). The van der Waals surface area contributed by atoms with Gasteiger partial charge < -0.3 is 10.3 Å². The number of rotatable bonds is 5. The van der Waals surface area contributed by atoms with Gasteiger partial charge in [-0.15, -0.1) is 0 Å². The highest BCUT2D eigenvalue weighted by Gasteiger charge is 2.41. The molecule has 2 N–H and O–H groups in total. The Morgan fingerprint density at radius 1 is 1.33 bits per heavy atom. The third-order valence-corrected chi connectivity index (χ3v) is 4.93. The molecular formula is C18H24N2O. The summed E-state index contributed by atoms with van der Waals surface area (Å²) in [5, 5.41) is 4.28. The van der Waals surface area contributed by atoms with Gasteiger partial charge in [0.15, 0.2) is 0 Å². The maximum absolute atomic E-state index is 12.4. The average Bonchev–Trinajstić information content (AvgIpc) is 3.18. The van der Waals surface area contributed by atoms with Crippen LogP contribution in [0.15, 0.2) is 18.2 Å². The predicted molar refractivity (Wildman–Crippen MR) is 86.7 cm³/mol. The molecule has 0 atom stereocenters. The van der Waals surface area contributed by atoms with E-state index in [0.29, 0.717) is 5.41 Å². The van der Waals surface area contributed by atoms with E-state index < -0.39 is 0 Å². The number of hydrogen-bond acceptors (Lipinski definition) is 1. The highest BCUT2D eigenvalue weighted by atomic mass is 16.1. The molecule has 1 saturated carbocycles. The third-order valence-electron chi connectivity index (χ3n) is 4.93. The van der Waals surface area contributed by atoms with Gasteiger partial charge in [0, 0.05) is 28.7 Å². The number of aromatic nitrogens is 1.